The fourth-order valence-electron chi connectivity index (χ4n) is 3.11. The topological polar surface area (TPSA) is 93.1 Å². The first kappa shape index (κ1) is 31.7. The van der Waals surface area contributed by atoms with E-state index in [0.717, 1.165) is 0 Å². The maximum atomic E-state index is 11.2. The molecule has 0 aliphatic rings. The van der Waals surface area contributed by atoms with Gasteiger partial charge in [0.2, 0.25) is 0 Å². The van der Waals surface area contributed by atoms with Crippen molar-refractivity contribution in [2.45, 2.75) is 13.8 Å². The van der Waals surface area contributed by atoms with Crippen LogP contribution in [0.15, 0.2) is 66.4 Å². The molecule has 0 saturated heterocycles. The highest BCUT2D eigenvalue weighted by atomic mass is 79.9. The van der Waals surface area contributed by atoms with Gasteiger partial charge in [-0.1, -0.05) is 0 Å². The molecule has 0 amide bonds. The lowest BCUT2D eigenvalue weighted by molar-refractivity contribution is -0.132. The average Bonchev–Trinajstić information content (AvgIpc) is 2.83. The van der Waals surface area contributed by atoms with Crippen LogP contribution in [0.5, 0.6) is 23.0 Å². The molecule has 0 fully saturated rings. The second-order valence-corrected chi connectivity index (χ2v) is 11.2. The van der Waals surface area contributed by atoms with Gasteiger partial charge >= 0.3 is 11.9 Å². The van der Waals surface area contributed by atoms with Crippen molar-refractivity contribution < 1.29 is 29.3 Å². The zero-order valence-electron chi connectivity index (χ0n) is 19.1. The van der Waals surface area contributed by atoms with Crippen LogP contribution in [-0.4, -0.2) is 27.5 Å². The molecule has 4 aromatic rings. The van der Waals surface area contributed by atoms with E-state index in [2.05, 4.69) is 63.7 Å². The number of aromatic hydroxyl groups is 2. The van der Waals surface area contributed by atoms with Gasteiger partial charge < -0.3 is 19.7 Å². The van der Waals surface area contributed by atoms with Crippen LogP contribution >= 0.6 is 86.9 Å². The molecule has 0 bridgehead atoms. The highest BCUT2D eigenvalue weighted by Crippen LogP contribution is 2.42. The summed E-state index contributed by atoms with van der Waals surface area (Å²) in [6.07, 6.45) is 0. The predicted molar refractivity (Wildman–Crippen MR) is 161 cm³/mol. The summed E-state index contributed by atoms with van der Waals surface area (Å²) in [4.78, 5) is 22.4. The molecule has 4 rings (SSSR count). The van der Waals surface area contributed by atoms with Crippen molar-refractivity contribution in [1.82, 2.24) is 0 Å². The lowest BCUT2D eigenvalue weighted by Gasteiger charge is -2.12. The minimum Gasteiger partial charge on any atom is -0.506 e. The number of esters is 2. The van der Waals surface area contributed by atoms with Crippen molar-refractivity contribution in [2.75, 3.05) is 5.34 Å². The molecule has 0 aromatic heterocycles. The number of hydrogen-bond donors (Lipinski definition) is 2. The summed E-state index contributed by atoms with van der Waals surface area (Å²) in [6.45, 7) is 2.66. The number of rotatable bonds is 2. The second kappa shape index (κ2) is 14.6. The Hall–Kier alpha value is -1.56. The molecule has 6 nitrogen and oxygen atoms in total. The third kappa shape index (κ3) is 8.21. The van der Waals surface area contributed by atoms with Crippen molar-refractivity contribution in [3.8, 4) is 23.0 Å². The molecule has 12 heteroatoms. The monoisotopic (exact) mass is 800 g/mol. The SMILES string of the molecule is CC(=O)Oc1c(Br)ccc2c(OC(C)=O)c(Br)ccc12.ClCCl.Oc1c(Br)ccc2c(O)c(Br)ccc12. The number of phenols is 2. The van der Waals surface area contributed by atoms with E-state index in [1.54, 1.807) is 48.5 Å². The Morgan fingerprint density at radius 3 is 1.19 bits per heavy atom. The van der Waals surface area contributed by atoms with Crippen LogP contribution in [-0.2, 0) is 9.59 Å². The number of halogens is 6. The third-order valence-electron chi connectivity index (χ3n) is 4.54. The van der Waals surface area contributed by atoms with E-state index in [4.69, 9.17) is 32.7 Å². The number of hydrogen-bond acceptors (Lipinski definition) is 6. The van der Waals surface area contributed by atoms with Crippen LogP contribution < -0.4 is 9.47 Å². The van der Waals surface area contributed by atoms with E-state index in [1.807, 2.05) is 0 Å². The Balaban J connectivity index is 0.000000247. The Labute approximate surface area is 256 Å². The molecule has 0 saturated carbocycles. The van der Waals surface area contributed by atoms with Gasteiger partial charge in [0.15, 0.2) is 11.5 Å². The molecule has 0 spiro atoms. The van der Waals surface area contributed by atoms with E-state index < -0.39 is 11.9 Å². The first-order valence-electron chi connectivity index (χ1n) is 10.1. The smallest absolute Gasteiger partial charge is 0.308 e. The van der Waals surface area contributed by atoms with E-state index in [0.29, 0.717) is 50.9 Å². The maximum Gasteiger partial charge on any atom is 0.308 e. The predicted octanol–water partition coefficient (Wildman–Crippen LogP) is 9.41. The first-order valence-corrected chi connectivity index (χ1v) is 14.3. The molecule has 37 heavy (non-hydrogen) atoms. The first-order chi connectivity index (χ1) is 17.4. The van der Waals surface area contributed by atoms with Crippen LogP contribution in [0.3, 0.4) is 0 Å². The minimum atomic E-state index is -0.421. The standard InChI is InChI=1S/C14H10Br2O4.C10H6Br2O2.CH2Cl2/c1-7(17)19-13-9-3-6-12(16)14(20-8(2)18)10(9)4-5-11(13)15;11-7-3-1-5-6(10(7)14)2-4-8(12)9(5)13;2-1-3/h3-6H,1-2H3;1-4,13-14H;1H2. The number of carbonyl (C=O) groups is 2. The van der Waals surface area contributed by atoms with Gasteiger partial charge in [-0.15, -0.1) is 23.2 Å². The van der Waals surface area contributed by atoms with Gasteiger partial charge in [0.1, 0.15) is 11.5 Å². The summed E-state index contributed by atoms with van der Waals surface area (Å²) in [6, 6.07) is 13.9. The van der Waals surface area contributed by atoms with Gasteiger partial charge in [-0.3, -0.25) is 9.59 Å². The number of benzene rings is 4. The summed E-state index contributed by atoms with van der Waals surface area (Å²) >= 11 is 22.6. The third-order valence-corrected chi connectivity index (χ3v) is 7.07. The summed E-state index contributed by atoms with van der Waals surface area (Å²) < 4.78 is 13.0. The molecule has 0 heterocycles. The van der Waals surface area contributed by atoms with Crippen molar-refractivity contribution >= 4 is 120 Å². The van der Waals surface area contributed by atoms with Gasteiger partial charge in [-0.05, 0) is 112 Å². The number of phenolic OH excluding ortho intramolecular Hbond substituents is 2. The molecule has 0 aliphatic carbocycles. The summed E-state index contributed by atoms with van der Waals surface area (Å²) in [5.41, 5.74) is 0. The zero-order chi connectivity index (χ0) is 27.9. The number of fused-ring (bicyclic) bond motifs is 2. The van der Waals surface area contributed by atoms with E-state index in [9.17, 15) is 19.8 Å². The van der Waals surface area contributed by atoms with Gasteiger partial charge in [-0.25, -0.2) is 0 Å². The van der Waals surface area contributed by atoms with Gasteiger partial charge in [0.25, 0.3) is 0 Å². The molecule has 4 aromatic carbocycles. The van der Waals surface area contributed by atoms with Gasteiger partial charge in [0.05, 0.1) is 23.2 Å². The second-order valence-electron chi connectivity index (χ2n) is 7.02. The average molecular weight is 805 g/mol. The zero-order valence-corrected chi connectivity index (χ0v) is 27.0. The Morgan fingerprint density at radius 2 is 0.892 bits per heavy atom. The molecular formula is C25H18Br4Cl2O6. The van der Waals surface area contributed by atoms with Gasteiger partial charge in [-0.2, -0.15) is 0 Å². The number of ether oxygens (including phenoxy) is 2. The van der Waals surface area contributed by atoms with Crippen LogP contribution in [0, 0.1) is 0 Å². The van der Waals surface area contributed by atoms with Crippen molar-refractivity contribution in [1.29, 1.82) is 0 Å². The van der Waals surface area contributed by atoms with E-state index in [-0.39, 0.29) is 16.8 Å². The van der Waals surface area contributed by atoms with Crippen LogP contribution in [0.1, 0.15) is 13.8 Å². The molecule has 0 atom stereocenters. The quantitative estimate of drug-likeness (QED) is 0.119. The Bertz CT molecular complexity index is 1350. The number of alkyl halides is 2. The largest absolute Gasteiger partial charge is 0.506 e. The van der Waals surface area contributed by atoms with Crippen LogP contribution in [0.25, 0.3) is 21.5 Å². The van der Waals surface area contributed by atoms with Gasteiger partial charge in [0, 0.05) is 35.4 Å². The fraction of sp³-hybridized carbons (Fsp3) is 0.120. The Morgan fingerprint density at radius 1 is 0.622 bits per heavy atom. The van der Waals surface area contributed by atoms with E-state index >= 15 is 0 Å². The minimum absolute atomic E-state index is 0.144. The lowest BCUT2D eigenvalue weighted by Crippen LogP contribution is -2.05. The Kier molecular flexibility index (Phi) is 12.5. The summed E-state index contributed by atoms with van der Waals surface area (Å²) in [5.74, 6) is 0.243. The van der Waals surface area contributed by atoms with Crippen LogP contribution in [0.2, 0.25) is 0 Å². The fourth-order valence-corrected chi connectivity index (χ4v) is 4.66. The van der Waals surface area contributed by atoms with Crippen LogP contribution in [0.4, 0.5) is 0 Å². The maximum absolute atomic E-state index is 11.2. The molecule has 2 N–H and O–H groups in total. The lowest BCUT2D eigenvalue weighted by atomic mass is 10.1. The van der Waals surface area contributed by atoms with Crippen molar-refractivity contribution in [3.05, 3.63) is 66.4 Å². The molecular weight excluding hydrogens is 787 g/mol. The number of carbonyl (C=O) groups excluding carboxylic acids is 2. The molecule has 0 radical (unpaired) electrons. The molecule has 196 valence electrons. The highest BCUT2D eigenvalue weighted by molar-refractivity contribution is 9.11. The summed E-state index contributed by atoms with van der Waals surface area (Å²) in [5, 5.41) is 22.2. The molecule has 0 aliphatic heterocycles. The highest BCUT2D eigenvalue weighted by Gasteiger charge is 2.16. The normalized spacial score (nSPS) is 10.2. The van der Waals surface area contributed by atoms with Crippen molar-refractivity contribution in [2.24, 2.45) is 0 Å². The molecule has 0 unspecified atom stereocenters. The summed E-state index contributed by atoms with van der Waals surface area (Å²) in [7, 11) is 0. The van der Waals surface area contributed by atoms with E-state index in [1.165, 1.54) is 13.8 Å². The van der Waals surface area contributed by atoms with Crippen molar-refractivity contribution in [3.63, 3.8) is 0 Å².